The number of rotatable bonds is 5. The fraction of sp³-hybridized carbons (Fsp3) is 0.800. The van der Waals surface area contributed by atoms with E-state index >= 15 is 0 Å². The van der Waals surface area contributed by atoms with E-state index in [9.17, 15) is 18.4 Å². The number of nitrogens with one attached hydrogen (secondary N) is 1. The summed E-state index contributed by atoms with van der Waals surface area (Å²) in [4.78, 5) is 21.5. The van der Waals surface area contributed by atoms with Crippen molar-refractivity contribution in [1.29, 1.82) is 0 Å². The number of alkyl halides is 2. The zero-order valence-electron chi connectivity index (χ0n) is 10.00. The number of aliphatic carboxylic acids is 1. The van der Waals surface area contributed by atoms with Gasteiger partial charge < -0.3 is 15.2 Å². The molecule has 0 saturated carbocycles. The number of carbonyl (C=O) groups is 2. The fourth-order valence-electron chi connectivity index (χ4n) is 1.00. The number of carboxylic acid groups (broad SMARTS) is 1. The van der Waals surface area contributed by atoms with Crippen molar-refractivity contribution in [1.82, 2.24) is 5.32 Å². The predicted octanol–water partition coefficient (Wildman–Crippen LogP) is 1.87. The summed E-state index contributed by atoms with van der Waals surface area (Å²) in [5.41, 5.74) is -0.682. The molecule has 17 heavy (non-hydrogen) atoms. The maximum Gasteiger partial charge on any atom is 0.407 e. The lowest BCUT2D eigenvalue weighted by Crippen LogP contribution is -2.35. The van der Waals surface area contributed by atoms with Gasteiger partial charge in [0.25, 0.3) is 6.43 Å². The van der Waals surface area contributed by atoms with Crippen LogP contribution in [0.3, 0.4) is 0 Å². The quantitative estimate of drug-likeness (QED) is 0.784. The molecule has 100 valence electrons. The molecule has 0 aromatic heterocycles. The number of hydrogen-bond acceptors (Lipinski definition) is 3. The molecule has 0 fully saturated rings. The van der Waals surface area contributed by atoms with Crippen LogP contribution in [-0.4, -0.2) is 35.7 Å². The molecule has 1 amide bonds. The second-order valence-corrected chi connectivity index (χ2v) is 4.50. The fourth-order valence-corrected chi connectivity index (χ4v) is 1.00. The van der Waals surface area contributed by atoms with Crippen LogP contribution >= 0.6 is 0 Å². The highest BCUT2D eigenvalue weighted by atomic mass is 19.3. The maximum absolute atomic E-state index is 12.2. The van der Waals surface area contributed by atoms with Crippen molar-refractivity contribution in [2.75, 3.05) is 6.54 Å². The first-order valence-corrected chi connectivity index (χ1v) is 5.11. The zero-order valence-corrected chi connectivity index (χ0v) is 10.00. The van der Waals surface area contributed by atoms with Crippen LogP contribution in [0.2, 0.25) is 0 Å². The third kappa shape index (κ3) is 7.48. The Hall–Kier alpha value is -1.40. The molecule has 7 heteroatoms. The van der Waals surface area contributed by atoms with Crippen molar-refractivity contribution in [3.05, 3.63) is 0 Å². The van der Waals surface area contributed by atoms with Gasteiger partial charge >= 0.3 is 12.1 Å². The molecule has 0 aliphatic rings. The molecule has 0 radical (unpaired) electrons. The third-order valence-corrected chi connectivity index (χ3v) is 1.74. The predicted molar refractivity (Wildman–Crippen MR) is 56.0 cm³/mol. The second-order valence-electron chi connectivity index (χ2n) is 4.50. The van der Waals surface area contributed by atoms with E-state index in [0.717, 1.165) is 0 Å². The Balaban J connectivity index is 3.98. The Morgan fingerprint density at radius 2 is 1.88 bits per heavy atom. The molecule has 0 saturated heterocycles. The summed E-state index contributed by atoms with van der Waals surface area (Å²) in [5, 5.41) is 10.7. The summed E-state index contributed by atoms with van der Waals surface area (Å²) in [6, 6.07) is 0. The molecular formula is C10H17F2NO4. The molecule has 0 heterocycles. The van der Waals surface area contributed by atoms with Crippen LogP contribution in [-0.2, 0) is 9.53 Å². The molecule has 2 N–H and O–H groups in total. The lowest BCUT2D eigenvalue weighted by atomic mass is 10.1. The molecule has 0 spiro atoms. The van der Waals surface area contributed by atoms with Gasteiger partial charge in [0, 0.05) is 6.54 Å². The minimum Gasteiger partial charge on any atom is -0.481 e. The molecule has 0 aliphatic heterocycles. The Kier molecular flexibility index (Phi) is 5.84. The van der Waals surface area contributed by atoms with Gasteiger partial charge in [0.1, 0.15) is 11.5 Å². The first-order chi connectivity index (χ1) is 7.63. The Morgan fingerprint density at radius 3 is 2.24 bits per heavy atom. The number of carbonyl (C=O) groups excluding carboxylic acids is 1. The topological polar surface area (TPSA) is 75.6 Å². The standard InChI is InChI=1S/C10H17F2NO4/c1-10(2,3)17-9(16)13-5-4-6(7(11)12)8(14)15/h6-7H,4-5H2,1-3H3,(H,13,16)(H,14,15). The van der Waals surface area contributed by atoms with Crippen LogP contribution < -0.4 is 5.32 Å². The monoisotopic (exact) mass is 253 g/mol. The van der Waals surface area contributed by atoms with Gasteiger partial charge in [-0.15, -0.1) is 0 Å². The molecule has 0 aliphatic carbocycles. The van der Waals surface area contributed by atoms with Gasteiger partial charge in [-0.25, -0.2) is 13.6 Å². The van der Waals surface area contributed by atoms with Crippen LogP contribution in [0.5, 0.6) is 0 Å². The minimum atomic E-state index is -2.95. The number of halogens is 2. The van der Waals surface area contributed by atoms with E-state index in [-0.39, 0.29) is 13.0 Å². The summed E-state index contributed by atoms with van der Waals surface area (Å²) >= 11 is 0. The van der Waals surface area contributed by atoms with Gasteiger partial charge in [0.05, 0.1) is 0 Å². The zero-order chi connectivity index (χ0) is 13.6. The van der Waals surface area contributed by atoms with Crippen LogP contribution in [0.1, 0.15) is 27.2 Å². The first-order valence-electron chi connectivity index (χ1n) is 5.11. The Labute approximate surface area is 98.1 Å². The van der Waals surface area contributed by atoms with Crippen LogP contribution in [0.15, 0.2) is 0 Å². The smallest absolute Gasteiger partial charge is 0.407 e. The lowest BCUT2D eigenvalue weighted by molar-refractivity contribution is -0.147. The van der Waals surface area contributed by atoms with E-state index in [4.69, 9.17) is 9.84 Å². The first kappa shape index (κ1) is 15.6. The highest BCUT2D eigenvalue weighted by molar-refractivity contribution is 5.71. The minimum absolute atomic E-state index is 0.170. The molecule has 0 bridgehead atoms. The molecule has 0 aromatic rings. The number of carboxylic acids is 1. The van der Waals surface area contributed by atoms with E-state index < -0.39 is 30.0 Å². The van der Waals surface area contributed by atoms with Gasteiger partial charge in [0.15, 0.2) is 0 Å². The molecule has 1 atom stereocenters. The Morgan fingerprint density at radius 1 is 1.35 bits per heavy atom. The van der Waals surface area contributed by atoms with E-state index in [1.165, 1.54) is 0 Å². The largest absolute Gasteiger partial charge is 0.481 e. The summed E-state index contributed by atoms with van der Waals surface area (Å²) in [5.74, 6) is -3.35. The highest BCUT2D eigenvalue weighted by Gasteiger charge is 2.27. The van der Waals surface area contributed by atoms with Crippen molar-refractivity contribution >= 4 is 12.1 Å². The third-order valence-electron chi connectivity index (χ3n) is 1.74. The van der Waals surface area contributed by atoms with E-state index in [1.54, 1.807) is 20.8 Å². The van der Waals surface area contributed by atoms with Gasteiger partial charge in [0.2, 0.25) is 0 Å². The number of ether oxygens (including phenoxy) is 1. The molecule has 0 rings (SSSR count). The second kappa shape index (κ2) is 6.36. The average molecular weight is 253 g/mol. The molecule has 0 aromatic carbocycles. The van der Waals surface area contributed by atoms with Crippen molar-refractivity contribution < 1.29 is 28.2 Å². The number of amides is 1. The van der Waals surface area contributed by atoms with Crippen molar-refractivity contribution in [2.45, 2.75) is 39.2 Å². The van der Waals surface area contributed by atoms with E-state index in [2.05, 4.69) is 5.32 Å². The van der Waals surface area contributed by atoms with Crippen molar-refractivity contribution in [2.24, 2.45) is 5.92 Å². The maximum atomic E-state index is 12.2. The van der Waals surface area contributed by atoms with Crippen LogP contribution in [0.25, 0.3) is 0 Å². The molecular weight excluding hydrogens is 236 g/mol. The van der Waals surface area contributed by atoms with Crippen molar-refractivity contribution in [3.63, 3.8) is 0 Å². The van der Waals surface area contributed by atoms with Gasteiger partial charge in [-0.1, -0.05) is 0 Å². The SMILES string of the molecule is CC(C)(C)OC(=O)NCCC(C(=O)O)C(F)F. The van der Waals surface area contributed by atoms with Gasteiger partial charge in [-0.05, 0) is 27.2 Å². The summed E-state index contributed by atoms with van der Waals surface area (Å²) in [6.07, 6.45) is -4.05. The van der Waals surface area contributed by atoms with E-state index in [1.807, 2.05) is 0 Å². The van der Waals surface area contributed by atoms with Gasteiger partial charge in [-0.2, -0.15) is 0 Å². The highest BCUT2D eigenvalue weighted by Crippen LogP contribution is 2.13. The summed E-state index contributed by atoms with van der Waals surface area (Å²) in [6.45, 7) is 4.81. The summed E-state index contributed by atoms with van der Waals surface area (Å²) in [7, 11) is 0. The molecule has 1 unspecified atom stereocenters. The van der Waals surface area contributed by atoms with Gasteiger partial charge in [-0.3, -0.25) is 4.79 Å². The summed E-state index contributed by atoms with van der Waals surface area (Å²) < 4.78 is 29.3. The normalized spacial score (nSPS) is 13.3. The number of alkyl carbamates (subject to hydrolysis) is 1. The average Bonchev–Trinajstić information content (AvgIpc) is 2.07. The molecule has 5 nitrogen and oxygen atoms in total. The Bertz CT molecular complexity index is 276. The lowest BCUT2D eigenvalue weighted by Gasteiger charge is -2.20. The van der Waals surface area contributed by atoms with E-state index in [0.29, 0.717) is 0 Å². The number of hydrogen-bond donors (Lipinski definition) is 2. The van der Waals surface area contributed by atoms with Crippen LogP contribution in [0.4, 0.5) is 13.6 Å². The van der Waals surface area contributed by atoms with Crippen molar-refractivity contribution in [3.8, 4) is 0 Å². The van der Waals surface area contributed by atoms with Crippen LogP contribution in [0, 0.1) is 5.92 Å².